The van der Waals surface area contributed by atoms with Gasteiger partial charge in [0, 0.05) is 11.5 Å². The molecule has 2 aromatic rings. The fraction of sp³-hybridized carbons (Fsp3) is 0.133. The van der Waals surface area contributed by atoms with Crippen LogP contribution in [0.25, 0.3) is 10.9 Å². The Morgan fingerprint density at radius 3 is 2.59 bits per heavy atom. The van der Waals surface area contributed by atoms with Gasteiger partial charge in [-0.05, 0) is 12.1 Å². The number of fused-ring (bicyclic) bond motifs is 1. The van der Waals surface area contributed by atoms with E-state index in [2.05, 4.69) is 19.8 Å². The molecule has 1 aromatic heterocycles. The number of ether oxygens (including phenoxy) is 2. The van der Waals surface area contributed by atoms with E-state index >= 15 is 0 Å². The molecule has 0 radical (unpaired) electrons. The van der Waals surface area contributed by atoms with Crippen LogP contribution in [0.5, 0.6) is 0 Å². The second-order valence-corrected chi connectivity index (χ2v) is 4.29. The first-order valence-electron chi connectivity index (χ1n) is 6.32. The van der Waals surface area contributed by atoms with Gasteiger partial charge in [-0.2, -0.15) is 0 Å². The Hall–Kier alpha value is -3.09. The highest BCUT2D eigenvalue weighted by atomic mass is 16.5. The number of pyridine rings is 1. The summed E-state index contributed by atoms with van der Waals surface area (Å²) >= 11 is 0. The second-order valence-electron chi connectivity index (χ2n) is 4.29. The minimum Gasteiger partial charge on any atom is -0.466 e. The lowest BCUT2D eigenvalue weighted by atomic mass is 10.2. The van der Waals surface area contributed by atoms with Crippen LogP contribution >= 0.6 is 0 Å². The van der Waals surface area contributed by atoms with Crippen LogP contribution in [0.4, 0.5) is 5.69 Å². The van der Waals surface area contributed by atoms with Crippen LogP contribution in [0, 0.1) is 0 Å². The van der Waals surface area contributed by atoms with Crippen molar-refractivity contribution in [3.05, 3.63) is 52.5 Å². The lowest BCUT2D eigenvalue weighted by Crippen LogP contribution is -2.16. The highest BCUT2D eigenvalue weighted by Crippen LogP contribution is 2.21. The van der Waals surface area contributed by atoms with Crippen molar-refractivity contribution in [1.82, 2.24) is 4.98 Å². The Labute approximate surface area is 125 Å². The van der Waals surface area contributed by atoms with Crippen LogP contribution in [-0.4, -0.2) is 31.1 Å². The zero-order chi connectivity index (χ0) is 16.1. The second kappa shape index (κ2) is 6.57. The van der Waals surface area contributed by atoms with Gasteiger partial charge in [0.05, 0.1) is 31.5 Å². The minimum atomic E-state index is -0.735. The van der Waals surface area contributed by atoms with Crippen molar-refractivity contribution in [2.75, 3.05) is 19.5 Å². The van der Waals surface area contributed by atoms with Crippen molar-refractivity contribution in [1.29, 1.82) is 0 Å². The molecule has 0 fully saturated rings. The smallest absolute Gasteiger partial charge is 0.354 e. The van der Waals surface area contributed by atoms with E-state index in [1.165, 1.54) is 20.3 Å². The molecule has 2 rings (SSSR count). The van der Waals surface area contributed by atoms with Crippen molar-refractivity contribution in [2.45, 2.75) is 0 Å². The topological polar surface area (TPSA) is 97.5 Å². The van der Waals surface area contributed by atoms with E-state index in [1.54, 1.807) is 24.3 Å². The van der Waals surface area contributed by atoms with Gasteiger partial charge in [-0.1, -0.05) is 12.1 Å². The third-order valence-electron chi connectivity index (χ3n) is 2.90. The van der Waals surface area contributed by atoms with Crippen LogP contribution in [0.3, 0.4) is 0 Å². The summed E-state index contributed by atoms with van der Waals surface area (Å²) in [6.45, 7) is 0. The molecule has 0 aliphatic carbocycles. The normalized spacial score (nSPS) is 11.1. The molecular weight excluding hydrogens is 288 g/mol. The molecule has 1 heterocycles. The summed E-state index contributed by atoms with van der Waals surface area (Å²) in [4.78, 5) is 37.2. The molecular formula is C15H14N2O5. The molecule has 0 aliphatic heterocycles. The molecule has 0 aliphatic rings. The fourth-order valence-corrected chi connectivity index (χ4v) is 1.86. The highest BCUT2D eigenvalue weighted by molar-refractivity contribution is 6.01. The number of aromatic nitrogens is 1. The number of benzene rings is 1. The number of anilines is 1. The molecule has 2 N–H and O–H groups in total. The summed E-state index contributed by atoms with van der Waals surface area (Å²) < 4.78 is 9.12. The maximum atomic E-state index is 11.7. The average molecular weight is 302 g/mol. The Balaban J connectivity index is 2.48. The number of para-hydroxylation sites is 1. The standard InChI is InChI=1S/C15H14N2O5/c1-21-13(19)8-11(15(20)22-2)16-10-5-3-4-9-6-7-12(18)17-14(9)10/h3-8,16H,1-2H3,(H,17,18)/b11-8+. The first-order valence-corrected chi connectivity index (χ1v) is 6.32. The molecule has 1 aromatic carbocycles. The van der Waals surface area contributed by atoms with E-state index in [4.69, 9.17) is 0 Å². The van der Waals surface area contributed by atoms with E-state index in [9.17, 15) is 14.4 Å². The van der Waals surface area contributed by atoms with Gasteiger partial charge < -0.3 is 19.8 Å². The number of esters is 2. The van der Waals surface area contributed by atoms with E-state index in [1.807, 2.05) is 0 Å². The minimum absolute atomic E-state index is 0.105. The summed E-state index contributed by atoms with van der Waals surface area (Å²) in [5, 5.41) is 3.55. The maximum Gasteiger partial charge on any atom is 0.354 e. The van der Waals surface area contributed by atoms with Gasteiger partial charge in [-0.15, -0.1) is 0 Å². The first-order chi connectivity index (χ1) is 10.5. The molecule has 0 saturated carbocycles. The Morgan fingerprint density at radius 2 is 1.91 bits per heavy atom. The molecule has 0 spiro atoms. The van der Waals surface area contributed by atoms with Crippen molar-refractivity contribution in [2.24, 2.45) is 0 Å². The summed E-state index contributed by atoms with van der Waals surface area (Å²) in [5.74, 6) is -1.44. The van der Waals surface area contributed by atoms with Gasteiger partial charge >= 0.3 is 11.9 Å². The largest absolute Gasteiger partial charge is 0.466 e. The number of rotatable bonds is 4. The number of methoxy groups -OCH3 is 2. The number of hydrogen-bond donors (Lipinski definition) is 2. The SMILES string of the molecule is COC(=O)/C=C(/Nc1cccc2ccc(=O)[nH]c12)C(=O)OC. The van der Waals surface area contributed by atoms with Gasteiger partial charge in [-0.25, -0.2) is 9.59 Å². The number of aromatic amines is 1. The van der Waals surface area contributed by atoms with Crippen LogP contribution in [0.1, 0.15) is 0 Å². The lowest BCUT2D eigenvalue weighted by Gasteiger charge is -2.11. The van der Waals surface area contributed by atoms with Crippen molar-refractivity contribution in [3.8, 4) is 0 Å². The van der Waals surface area contributed by atoms with Gasteiger partial charge in [-0.3, -0.25) is 4.79 Å². The van der Waals surface area contributed by atoms with Gasteiger partial charge in [0.15, 0.2) is 0 Å². The number of carbonyl (C=O) groups excluding carboxylic acids is 2. The summed E-state index contributed by atoms with van der Waals surface area (Å²) in [7, 11) is 2.39. The van der Waals surface area contributed by atoms with Gasteiger partial charge in [0.25, 0.3) is 0 Å². The maximum absolute atomic E-state index is 11.7. The lowest BCUT2D eigenvalue weighted by molar-refractivity contribution is -0.138. The van der Waals surface area contributed by atoms with Crippen LogP contribution in [0.2, 0.25) is 0 Å². The summed E-state index contributed by atoms with van der Waals surface area (Å²) in [6.07, 6.45) is 0.978. The van der Waals surface area contributed by atoms with E-state index in [-0.39, 0.29) is 11.3 Å². The fourth-order valence-electron chi connectivity index (χ4n) is 1.86. The quantitative estimate of drug-likeness (QED) is 0.650. The molecule has 7 nitrogen and oxygen atoms in total. The number of hydrogen-bond acceptors (Lipinski definition) is 6. The Bertz CT molecular complexity index is 807. The number of H-pyrrole nitrogens is 1. The van der Waals surface area contributed by atoms with Crippen LogP contribution in [0.15, 0.2) is 46.9 Å². The third-order valence-corrected chi connectivity index (χ3v) is 2.90. The van der Waals surface area contributed by atoms with Crippen LogP contribution in [-0.2, 0) is 19.1 Å². The monoisotopic (exact) mass is 302 g/mol. The zero-order valence-electron chi connectivity index (χ0n) is 12.0. The third kappa shape index (κ3) is 3.32. The van der Waals surface area contributed by atoms with Crippen molar-refractivity contribution >= 4 is 28.5 Å². The van der Waals surface area contributed by atoms with Gasteiger partial charge in [0.1, 0.15) is 5.70 Å². The predicted octanol–water partition coefficient (Wildman–Crippen LogP) is 1.17. The molecule has 0 bridgehead atoms. The number of carbonyl (C=O) groups is 2. The van der Waals surface area contributed by atoms with Crippen molar-refractivity contribution < 1.29 is 19.1 Å². The average Bonchev–Trinajstić information content (AvgIpc) is 2.53. The van der Waals surface area contributed by atoms with Crippen molar-refractivity contribution in [3.63, 3.8) is 0 Å². The van der Waals surface area contributed by atoms with Gasteiger partial charge in [0.2, 0.25) is 5.56 Å². The Kier molecular flexibility index (Phi) is 4.57. The summed E-state index contributed by atoms with van der Waals surface area (Å²) in [5.41, 5.74) is 0.579. The number of nitrogens with one attached hydrogen (secondary N) is 2. The first kappa shape index (κ1) is 15.3. The van der Waals surface area contributed by atoms with Crippen LogP contribution < -0.4 is 10.9 Å². The van der Waals surface area contributed by atoms with E-state index < -0.39 is 11.9 Å². The molecule has 0 saturated heterocycles. The van der Waals surface area contributed by atoms with E-state index in [0.29, 0.717) is 11.2 Å². The molecule has 7 heteroatoms. The van der Waals surface area contributed by atoms with E-state index in [0.717, 1.165) is 11.5 Å². The Morgan fingerprint density at radius 1 is 1.14 bits per heavy atom. The highest BCUT2D eigenvalue weighted by Gasteiger charge is 2.14. The molecule has 22 heavy (non-hydrogen) atoms. The molecule has 0 unspecified atom stereocenters. The zero-order valence-corrected chi connectivity index (χ0v) is 12.0. The summed E-state index contributed by atoms with van der Waals surface area (Å²) in [6, 6.07) is 8.26. The molecule has 0 amide bonds. The molecule has 0 atom stereocenters. The molecule has 114 valence electrons. The predicted molar refractivity (Wildman–Crippen MR) is 80.3 cm³/mol.